The van der Waals surface area contributed by atoms with Crippen LogP contribution in [0.4, 0.5) is 5.69 Å². The summed E-state index contributed by atoms with van der Waals surface area (Å²) in [6, 6.07) is 12.7. The van der Waals surface area contributed by atoms with Gasteiger partial charge in [-0.15, -0.1) is 0 Å². The van der Waals surface area contributed by atoms with E-state index in [9.17, 15) is 18.0 Å². The van der Waals surface area contributed by atoms with E-state index in [1.807, 2.05) is 6.92 Å². The maximum Gasteiger partial charge on any atom is 0.244 e. The van der Waals surface area contributed by atoms with Crippen LogP contribution in [0.2, 0.25) is 5.02 Å². The quantitative estimate of drug-likeness (QED) is 0.442. The van der Waals surface area contributed by atoms with Gasteiger partial charge in [-0.25, -0.2) is 8.42 Å². The number of para-hydroxylation sites is 1. The molecule has 10 heteroatoms. The van der Waals surface area contributed by atoms with Gasteiger partial charge in [-0.3, -0.25) is 13.9 Å². The Morgan fingerprint density at radius 3 is 2.32 bits per heavy atom. The van der Waals surface area contributed by atoms with E-state index < -0.39 is 28.5 Å². The number of sulfonamides is 1. The first kappa shape index (κ1) is 27.5. The van der Waals surface area contributed by atoms with Gasteiger partial charge in [0.2, 0.25) is 21.8 Å². The summed E-state index contributed by atoms with van der Waals surface area (Å²) in [6.45, 7) is 3.77. The second-order valence-electron chi connectivity index (χ2n) is 7.91. The molecule has 2 aromatic rings. The highest BCUT2D eigenvalue weighted by atomic mass is 35.5. The maximum atomic E-state index is 13.5. The molecule has 2 aromatic carbocycles. The van der Waals surface area contributed by atoms with Gasteiger partial charge in [-0.05, 0) is 43.2 Å². The third-order valence-electron chi connectivity index (χ3n) is 5.31. The number of unbranched alkanes of at least 4 members (excludes halogenated alkanes) is 1. The number of amides is 2. The Kier molecular flexibility index (Phi) is 10.2. The highest BCUT2D eigenvalue weighted by Gasteiger charge is 2.30. The van der Waals surface area contributed by atoms with Crippen molar-refractivity contribution in [3.05, 3.63) is 59.1 Å². The van der Waals surface area contributed by atoms with E-state index in [2.05, 4.69) is 5.32 Å². The highest BCUT2D eigenvalue weighted by molar-refractivity contribution is 7.92. The first-order valence-electron chi connectivity index (χ1n) is 11.0. The van der Waals surface area contributed by atoms with E-state index in [4.69, 9.17) is 16.3 Å². The molecule has 186 valence electrons. The van der Waals surface area contributed by atoms with Crippen LogP contribution in [-0.2, 0) is 26.2 Å². The summed E-state index contributed by atoms with van der Waals surface area (Å²) < 4.78 is 31.2. The standard InChI is InChI=1S/C24H32ClN3O5S/c1-5-6-15-26-24(30)18(2)27(16-19-11-13-20(33-3)14-12-19)23(29)17-28(34(4,31)32)22-10-8-7-9-21(22)25/h7-14,18H,5-6,15-17H2,1-4H3,(H,26,30)/t18-/m0/s1. The molecule has 2 amide bonds. The first-order chi connectivity index (χ1) is 16.1. The van der Waals surface area contributed by atoms with Crippen LogP contribution in [0.1, 0.15) is 32.3 Å². The van der Waals surface area contributed by atoms with Crippen molar-refractivity contribution in [1.29, 1.82) is 0 Å². The molecule has 0 radical (unpaired) electrons. The lowest BCUT2D eigenvalue weighted by atomic mass is 10.1. The highest BCUT2D eigenvalue weighted by Crippen LogP contribution is 2.27. The Hall–Kier alpha value is -2.78. The molecule has 0 aliphatic rings. The fraction of sp³-hybridized carbons (Fsp3) is 0.417. The Bertz CT molecular complexity index is 1080. The molecule has 0 unspecified atom stereocenters. The third kappa shape index (κ3) is 7.63. The smallest absolute Gasteiger partial charge is 0.244 e. The van der Waals surface area contributed by atoms with Crippen molar-refractivity contribution in [2.45, 2.75) is 39.3 Å². The number of carbonyl (C=O) groups excluding carboxylic acids is 2. The van der Waals surface area contributed by atoms with Crippen molar-refractivity contribution in [3.8, 4) is 5.75 Å². The molecule has 0 saturated carbocycles. The van der Waals surface area contributed by atoms with Gasteiger partial charge in [-0.1, -0.05) is 49.2 Å². The molecule has 8 nitrogen and oxygen atoms in total. The van der Waals surface area contributed by atoms with Crippen molar-refractivity contribution < 1.29 is 22.7 Å². The fourth-order valence-electron chi connectivity index (χ4n) is 3.30. The minimum Gasteiger partial charge on any atom is -0.497 e. The fourth-order valence-corrected chi connectivity index (χ4v) is 4.44. The number of methoxy groups -OCH3 is 1. The molecule has 0 fully saturated rings. The van der Waals surface area contributed by atoms with Gasteiger partial charge in [-0.2, -0.15) is 0 Å². The molecule has 0 saturated heterocycles. The van der Waals surface area contributed by atoms with Crippen LogP contribution < -0.4 is 14.4 Å². The molecule has 0 bridgehead atoms. The first-order valence-corrected chi connectivity index (χ1v) is 13.2. The number of hydrogen-bond donors (Lipinski definition) is 1. The molecule has 34 heavy (non-hydrogen) atoms. The summed E-state index contributed by atoms with van der Waals surface area (Å²) in [5, 5.41) is 3.04. The van der Waals surface area contributed by atoms with Crippen LogP contribution >= 0.6 is 11.6 Å². The van der Waals surface area contributed by atoms with E-state index in [1.54, 1.807) is 56.5 Å². The number of halogens is 1. The number of hydrogen-bond acceptors (Lipinski definition) is 5. The average Bonchev–Trinajstić information content (AvgIpc) is 2.80. The SMILES string of the molecule is CCCCNC(=O)[C@H](C)N(Cc1ccc(OC)cc1)C(=O)CN(c1ccccc1Cl)S(C)(=O)=O. The summed E-state index contributed by atoms with van der Waals surface area (Å²) in [4.78, 5) is 27.6. The lowest BCUT2D eigenvalue weighted by Gasteiger charge is -2.31. The van der Waals surface area contributed by atoms with Crippen LogP contribution in [0.25, 0.3) is 0 Å². The zero-order valence-corrected chi connectivity index (χ0v) is 21.5. The van der Waals surface area contributed by atoms with E-state index in [1.165, 1.54) is 11.0 Å². The zero-order chi connectivity index (χ0) is 25.3. The molecule has 0 aromatic heterocycles. The lowest BCUT2D eigenvalue weighted by Crippen LogP contribution is -2.51. The average molecular weight is 510 g/mol. The van der Waals surface area contributed by atoms with Gasteiger partial charge in [0.05, 0.1) is 24.1 Å². The number of nitrogens with one attached hydrogen (secondary N) is 1. The Morgan fingerprint density at radius 1 is 1.12 bits per heavy atom. The van der Waals surface area contributed by atoms with E-state index in [0.717, 1.165) is 29.0 Å². The molecule has 1 atom stereocenters. The van der Waals surface area contributed by atoms with Crippen molar-refractivity contribution >= 4 is 39.1 Å². The lowest BCUT2D eigenvalue weighted by molar-refractivity contribution is -0.139. The molecular formula is C24H32ClN3O5S. The van der Waals surface area contributed by atoms with Gasteiger partial charge < -0.3 is 15.0 Å². The van der Waals surface area contributed by atoms with Crippen LogP contribution in [-0.4, -0.2) is 57.6 Å². The summed E-state index contributed by atoms with van der Waals surface area (Å²) in [5.41, 5.74) is 0.968. The summed E-state index contributed by atoms with van der Waals surface area (Å²) in [6.07, 6.45) is 2.75. The largest absolute Gasteiger partial charge is 0.497 e. The predicted octanol–water partition coefficient (Wildman–Crippen LogP) is 3.45. The zero-order valence-electron chi connectivity index (χ0n) is 20.0. The second kappa shape index (κ2) is 12.6. The summed E-state index contributed by atoms with van der Waals surface area (Å²) in [5.74, 6) is -0.174. The van der Waals surface area contributed by atoms with Crippen molar-refractivity contribution in [2.24, 2.45) is 0 Å². The Labute approximate surface area is 206 Å². The van der Waals surface area contributed by atoms with Crippen molar-refractivity contribution in [3.63, 3.8) is 0 Å². The number of rotatable bonds is 12. The van der Waals surface area contributed by atoms with Crippen molar-refractivity contribution in [2.75, 3.05) is 30.8 Å². The number of carbonyl (C=O) groups is 2. The van der Waals surface area contributed by atoms with Crippen molar-refractivity contribution in [1.82, 2.24) is 10.2 Å². The molecule has 0 aliphatic carbocycles. The summed E-state index contributed by atoms with van der Waals surface area (Å²) in [7, 11) is -2.27. The molecule has 0 aliphatic heterocycles. The second-order valence-corrected chi connectivity index (χ2v) is 10.2. The third-order valence-corrected chi connectivity index (χ3v) is 6.76. The molecule has 0 spiro atoms. The minimum absolute atomic E-state index is 0.116. The summed E-state index contributed by atoms with van der Waals surface area (Å²) >= 11 is 6.22. The van der Waals surface area contributed by atoms with Crippen LogP contribution in [0, 0.1) is 0 Å². The van der Waals surface area contributed by atoms with E-state index in [0.29, 0.717) is 12.3 Å². The normalized spacial score (nSPS) is 12.0. The molecule has 0 heterocycles. The van der Waals surface area contributed by atoms with Crippen LogP contribution in [0.15, 0.2) is 48.5 Å². The van der Waals surface area contributed by atoms with Gasteiger partial charge in [0.25, 0.3) is 0 Å². The Morgan fingerprint density at radius 2 is 1.76 bits per heavy atom. The van der Waals surface area contributed by atoms with Crippen LogP contribution in [0.3, 0.4) is 0 Å². The number of nitrogens with zero attached hydrogens (tertiary/aromatic N) is 2. The number of benzene rings is 2. The van der Waals surface area contributed by atoms with Gasteiger partial charge in [0.15, 0.2) is 0 Å². The monoisotopic (exact) mass is 509 g/mol. The van der Waals surface area contributed by atoms with Gasteiger partial charge in [0.1, 0.15) is 18.3 Å². The van der Waals surface area contributed by atoms with Crippen LogP contribution in [0.5, 0.6) is 5.75 Å². The minimum atomic E-state index is -3.83. The Balaban J connectivity index is 2.35. The molecule has 1 N–H and O–H groups in total. The van der Waals surface area contributed by atoms with Gasteiger partial charge in [0, 0.05) is 13.1 Å². The maximum absolute atomic E-state index is 13.5. The predicted molar refractivity (Wildman–Crippen MR) is 135 cm³/mol. The number of ether oxygens (including phenoxy) is 1. The molecular weight excluding hydrogens is 478 g/mol. The van der Waals surface area contributed by atoms with E-state index >= 15 is 0 Å². The number of anilines is 1. The van der Waals surface area contributed by atoms with Gasteiger partial charge >= 0.3 is 0 Å². The molecule has 2 rings (SSSR count). The van der Waals surface area contributed by atoms with E-state index in [-0.39, 0.29) is 23.2 Å². The topological polar surface area (TPSA) is 96.0 Å².